The second-order valence-electron chi connectivity index (χ2n) is 15.4. The monoisotopic (exact) mass is 803 g/mol. The number of allylic oxidation sites excluding steroid dienone is 3. The van der Waals surface area contributed by atoms with Crippen LogP contribution in [-0.4, -0.2) is 9.55 Å². The molecule has 0 unspecified atom stereocenters. The highest BCUT2D eigenvalue weighted by atomic mass is 32.1. The van der Waals surface area contributed by atoms with Crippen molar-refractivity contribution in [1.82, 2.24) is 9.55 Å². The predicted octanol–water partition coefficient (Wildman–Crippen LogP) is 16.1. The minimum atomic E-state index is 1.02. The summed E-state index contributed by atoms with van der Waals surface area (Å²) in [5, 5.41) is 6.11. The van der Waals surface area contributed by atoms with Crippen LogP contribution in [0.15, 0.2) is 206 Å². The van der Waals surface area contributed by atoms with Crippen LogP contribution >= 0.6 is 22.7 Å². The van der Waals surface area contributed by atoms with Gasteiger partial charge in [0.25, 0.3) is 0 Å². The molecule has 8 aromatic carbocycles. The fraction of sp³-hybridized carbons (Fsp3) is 0.0364. The van der Waals surface area contributed by atoms with Crippen molar-refractivity contribution in [2.45, 2.75) is 12.8 Å². The Balaban J connectivity index is 1.01. The molecule has 284 valence electrons. The van der Waals surface area contributed by atoms with Gasteiger partial charge in [-0.05, 0) is 120 Å². The molecule has 0 amide bonds. The maximum atomic E-state index is 5.19. The Morgan fingerprint density at radius 2 is 1.18 bits per heavy atom. The van der Waals surface area contributed by atoms with Crippen molar-refractivity contribution in [2.24, 2.45) is 0 Å². The molecule has 11 aromatic rings. The van der Waals surface area contributed by atoms with E-state index in [-0.39, 0.29) is 0 Å². The third-order valence-electron chi connectivity index (χ3n) is 11.8. The third-order valence-corrected chi connectivity index (χ3v) is 14.1. The Hall–Kier alpha value is -7.05. The van der Waals surface area contributed by atoms with Gasteiger partial charge in [-0.15, -0.1) is 22.7 Å². The first-order valence-electron chi connectivity index (χ1n) is 20.5. The highest BCUT2D eigenvalue weighted by Crippen LogP contribution is 2.43. The van der Waals surface area contributed by atoms with Crippen LogP contribution in [0.1, 0.15) is 12.8 Å². The Morgan fingerprint density at radius 3 is 2.03 bits per heavy atom. The van der Waals surface area contributed by atoms with Crippen LogP contribution in [0.4, 0.5) is 11.4 Å². The number of aromatic nitrogens is 2. The molecule has 12 rings (SSSR count). The van der Waals surface area contributed by atoms with E-state index in [0.717, 1.165) is 46.0 Å². The average molecular weight is 804 g/mol. The summed E-state index contributed by atoms with van der Waals surface area (Å²) in [5.74, 6) is 0. The maximum Gasteiger partial charge on any atom is 0.124 e. The van der Waals surface area contributed by atoms with Crippen LogP contribution in [0.5, 0.6) is 0 Å². The van der Waals surface area contributed by atoms with E-state index in [1.807, 2.05) is 11.3 Å². The van der Waals surface area contributed by atoms with Crippen molar-refractivity contribution < 1.29 is 0 Å². The van der Waals surface area contributed by atoms with Gasteiger partial charge in [-0.2, -0.15) is 0 Å². The van der Waals surface area contributed by atoms with Crippen LogP contribution in [-0.2, 0) is 0 Å². The van der Waals surface area contributed by atoms with E-state index in [0.29, 0.717) is 0 Å². The minimum absolute atomic E-state index is 1.02. The number of nitrogens with zero attached hydrogens (tertiary/aromatic N) is 3. The van der Waals surface area contributed by atoms with Gasteiger partial charge in [-0.1, -0.05) is 115 Å². The molecule has 0 aliphatic heterocycles. The van der Waals surface area contributed by atoms with Crippen molar-refractivity contribution in [1.29, 1.82) is 0 Å². The molecule has 0 radical (unpaired) electrons. The quantitative estimate of drug-likeness (QED) is 0.160. The number of hydrogen-bond acceptors (Lipinski definition) is 4. The molecule has 0 spiro atoms. The van der Waals surface area contributed by atoms with Crippen LogP contribution in [0, 0.1) is 0 Å². The van der Waals surface area contributed by atoms with Gasteiger partial charge in [0.1, 0.15) is 5.01 Å². The summed E-state index contributed by atoms with van der Waals surface area (Å²) in [6.45, 7) is 0. The maximum absolute atomic E-state index is 5.19. The zero-order valence-corrected chi connectivity index (χ0v) is 34.3. The number of hydrogen-bond donors (Lipinski definition) is 0. The van der Waals surface area contributed by atoms with E-state index in [2.05, 4.69) is 210 Å². The molecule has 0 bridgehead atoms. The van der Waals surface area contributed by atoms with E-state index in [1.165, 1.54) is 74.6 Å². The first-order valence-corrected chi connectivity index (χ1v) is 22.1. The Kier molecular flexibility index (Phi) is 8.36. The molecule has 1 aliphatic carbocycles. The highest BCUT2D eigenvalue weighted by Gasteiger charge is 2.20. The molecule has 1 aliphatic rings. The van der Waals surface area contributed by atoms with Crippen molar-refractivity contribution in [3.63, 3.8) is 0 Å². The predicted molar refractivity (Wildman–Crippen MR) is 258 cm³/mol. The molecule has 0 saturated carbocycles. The number of anilines is 2. The Bertz CT molecular complexity index is 3480. The van der Waals surface area contributed by atoms with Crippen LogP contribution in [0.25, 0.3) is 90.7 Å². The largest absolute Gasteiger partial charge is 0.311 e. The van der Waals surface area contributed by atoms with Crippen LogP contribution < -0.4 is 4.90 Å². The second-order valence-corrected chi connectivity index (χ2v) is 17.5. The molecule has 0 saturated heterocycles. The molecular weight excluding hydrogens is 767 g/mol. The summed E-state index contributed by atoms with van der Waals surface area (Å²) in [6, 6.07) is 66.4. The van der Waals surface area contributed by atoms with Crippen LogP contribution in [0.2, 0.25) is 0 Å². The van der Waals surface area contributed by atoms with Crippen molar-refractivity contribution in [3.05, 3.63) is 206 Å². The molecule has 3 heterocycles. The van der Waals surface area contributed by atoms with E-state index in [4.69, 9.17) is 4.98 Å². The summed E-state index contributed by atoms with van der Waals surface area (Å²) in [4.78, 5) is 7.55. The number of benzene rings is 8. The zero-order chi connectivity index (χ0) is 39.6. The number of thiophene rings is 1. The first-order chi connectivity index (χ1) is 29.7. The molecule has 60 heavy (non-hydrogen) atoms. The average Bonchev–Trinajstić information content (AvgIpc) is 4.02. The van der Waals surface area contributed by atoms with Gasteiger partial charge in [0, 0.05) is 59.3 Å². The lowest BCUT2D eigenvalue weighted by Crippen LogP contribution is -2.16. The van der Waals surface area contributed by atoms with Crippen molar-refractivity contribution in [3.8, 4) is 38.5 Å². The molecule has 5 heteroatoms. The van der Waals surface area contributed by atoms with Gasteiger partial charge in [-0.25, -0.2) is 4.98 Å². The zero-order valence-electron chi connectivity index (χ0n) is 32.6. The summed E-state index contributed by atoms with van der Waals surface area (Å²) < 4.78 is 6.30. The van der Waals surface area contributed by atoms with E-state index in [9.17, 15) is 0 Å². The topological polar surface area (TPSA) is 21.1 Å². The fourth-order valence-corrected chi connectivity index (χ4v) is 11.2. The molecular formula is C55H37N3S2. The normalized spacial score (nSPS) is 12.9. The van der Waals surface area contributed by atoms with Crippen molar-refractivity contribution >= 4 is 86.2 Å². The van der Waals surface area contributed by atoms with Crippen molar-refractivity contribution in [2.75, 3.05) is 4.90 Å². The Morgan fingerprint density at radius 1 is 0.483 bits per heavy atom. The Labute approximate surface area is 356 Å². The lowest BCUT2D eigenvalue weighted by atomic mass is 10.0. The van der Waals surface area contributed by atoms with Gasteiger partial charge in [0.05, 0.1) is 21.3 Å². The van der Waals surface area contributed by atoms with Gasteiger partial charge < -0.3 is 9.47 Å². The smallest absolute Gasteiger partial charge is 0.124 e. The highest BCUT2D eigenvalue weighted by molar-refractivity contribution is 7.25. The minimum Gasteiger partial charge on any atom is -0.311 e. The molecule has 0 N–H and O–H groups in total. The SMILES string of the molecule is C1=CC(N(c2ccccc2)c2ccc(-c3ccc4c(c3)c3ccc5nc(-c6ccccc6)sc5c3n4-c3cccc(-c4ccc5sc6ccccc6c5c4)c3)cc2)=CCC1. The number of rotatable bonds is 7. The molecule has 3 nitrogen and oxygen atoms in total. The molecule has 0 fully saturated rings. The fourth-order valence-electron chi connectivity index (χ4n) is 8.96. The van der Waals surface area contributed by atoms with Gasteiger partial charge >= 0.3 is 0 Å². The van der Waals surface area contributed by atoms with Gasteiger partial charge in [0.2, 0.25) is 0 Å². The first kappa shape index (κ1) is 34.9. The molecule has 3 aromatic heterocycles. The van der Waals surface area contributed by atoms with Gasteiger partial charge in [0.15, 0.2) is 0 Å². The number of fused-ring (bicyclic) bond motifs is 8. The second kappa shape index (κ2) is 14.3. The third kappa shape index (κ3) is 5.89. The summed E-state index contributed by atoms with van der Waals surface area (Å²) >= 11 is 3.64. The van der Waals surface area contributed by atoms with E-state index >= 15 is 0 Å². The summed E-state index contributed by atoms with van der Waals surface area (Å²) in [7, 11) is 0. The standard InChI is InChI=1S/C55H37N3S2/c1-4-13-37(14-5-1)55-56-49-30-29-46-47-34-39(36-23-27-43(28-24-36)57(41-16-6-2-7-17-41)42-18-8-3-9-19-42)25-31-50(47)58(53(46)54(49)60-55)44-20-12-15-38(33-44)40-26-32-52-48(35-40)45-21-10-11-22-51(45)59-52/h1-2,4-8,10-35H,3,9H2. The van der Waals surface area contributed by atoms with Crippen LogP contribution in [0.3, 0.4) is 0 Å². The lowest BCUT2D eigenvalue weighted by Gasteiger charge is -2.27. The lowest BCUT2D eigenvalue weighted by molar-refractivity contribution is 0.997. The summed E-state index contributed by atoms with van der Waals surface area (Å²) in [5.41, 5.74) is 14.0. The summed E-state index contributed by atoms with van der Waals surface area (Å²) in [6.07, 6.45) is 9.00. The number of thiazole rings is 1. The molecule has 0 atom stereocenters. The number of para-hydroxylation sites is 1. The van der Waals surface area contributed by atoms with Gasteiger partial charge in [-0.3, -0.25) is 0 Å². The van der Waals surface area contributed by atoms with E-state index in [1.54, 1.807) is 11.3 Å². The van der Waals surface area contributed by atoms with E-state index < -0.39 is 0 Å².